The molecule has 0 radical (unpaired) electrons. The van der Waals surface area contributed by atoms with Crippen molar-refractivity contribution in [1.82, 2.24) is 4.98 Å². The van der Waals surface area contributed by atoms with Crippen LogP contribution in [0.25, 0.3) is 0 Å². The van der Waals surface area contributed by atoms with Crippen LogP contribution in [-0.2, 0) is 6.61 Å². The first kappa shape index (κ1) is 18.6. The average molecular weight is 323 g/mol. The monoisotopic (exact) mass is 323 g/mol. The summed E-state index contributed by atoms with van der Waals surface area (Å²) < 4.78 is 56.4. The summed E-state index contributed by atoms with van der Waals surface area (Å²) in [5, 5.41) is 0. The van der Waals surface area contributed by atoms with Gasteiger partial charge in [-0.05, 0) is 30.7 Å². The average Bonchev–Trinajstić information content (AvgIpc) is 2.38. The molecule has 2 nitrogen and oxygen atoms in total. The molecule has 0 fully saturated rings. The van der Waals surface area contributed by atoms with Crippen molar-refractivity contribution in [3.8, 4) is 5.75 Å². The Bertz CT molecular complexity index is 621. The SMILES string of the molecule is Cc1cccnc1COc1cc([B-](F)(F)F)ccc1F.[K+]. The van der Waals surface area contributed by atoms with Crippen LogP contribution in [0.1, 0.15) is 11.3 Å². The minimum atomic E-state index is -5.18. The first-order chi connectivity index (χ1) is 9.38. The summed E-state index contributed by atoms with van der Waals surface area (Å²) in [6.45, 7) is -3.48. The van der Waals surface area contributed by atoms with Gasteiger partial charge in [-0.25, -0.2) is 4.39 Å². The number of benzene rings is 1. The van der Waals surface area contributed by atoms with E-state index >= 15 is 0 Å². The second-order valence-electron chi connectivity index (χ2n) is 4.32. The number of aryl methyl sites for hydroxylation is 1. The molecule has 0 aliphatic carbocycles. The van der Waals surface area contributed by atoms with E-state index < -0.39 is 24.0 Å². The number of hydrogen-bond acceptors (Lipinski definition) is 2. The quantitative estimate of drug-likeness (QED) is 0.591. The van der Waals surface area contributed by atoms with Gasteiger partial charge in [0.05, 0.1) is 5.69 Å². The molecule has 0 aliphatic heterocycles. The summed E-state index contributed by atoms with van der Waals surface area (Å²) in [7, 11) is 0. The van der Waals surface area contributed by atoms with Crippen molar-refractivity contribution in [1.29, 1.82) is 0 Å². The van der Waals surface area contributed by atoms with E-state index in [0.29, 0.717) is 17.8 Å². The van der Waals surface area contributed by atoms with E-state index in [1.807, 2.05) is 0 Å². The minimum absolute atomic E-state index is 0. The van der Waals surface area contributed by atoms with Gasteiger partial charge in [0, 0.05) is 6.20 Å². The first-order valence-electron chi connectivity index (χ1n) is 5.90. The molecule has 0 atom stereocenters. The molecule has 0 saturated heterocycles. The second kappa shape index (κ2) is 7.73. The summed E-state index contributed by atoms with van der Waals surface area (Å²) in [6, 6.07) is 5.65. The molecule has 0 unspecified atom stereocenters. The molecule has 1 aromatic heterocycles. The van der Waals surface area contributed by atoms with E-state index in [4.69, 9.17) is 4.74 Å². The minimum Gasteiger partial charge on any atom is -0.484 e. The Morgan fingerprint density at radius 2 is 1.90 bits per heavy atom. The van der Waals surface area contributed by atoms with Crippen LogP contribution in [0.2, 0.25) is 0 Å². The third-order valence-corrected chi connectivity index (χ3v) is 2.82. The fourth-order valence-electron chi connectivity index (χ4n) is 1.65. The molecule has 0 amide bonds. The summed E-state index contributed by atoms with van der Waals surface area (Å²) in [6.07, 6.45) is 1.54. The number of halogens is 4. The molecule has 0 saturated carbocycles. The van der Waals surface area contributed by atoms with E-state index in [2.05, 4.69) is 4.98 Å². The standard InChI is InChI=1S/C13H11BF4NO.K/c1-9-3-2-6-19-12(9)8-20-13-7-10(14(16,17)18)4-5-11(13)15;/h2-7H,8H2,1H3;/q-1;+1. The van der Waals surface area contributed by atoms with Crippen LogP contribution in [0.15, 0.2) is 36.5 Å². The summed E-state index contributed by atoms with van der Waals surface area (Å²) in [5.41, 5.74) is 0.484. The van der Waals surface area contributed by atoms with E-state index in [1.165, 1.54) is 6.20 Å². The van der Waals surface area contributed by atoms with Gasteiger partial charge in [-0.2, -0.15) is 0 Å². The van der Waals surface area contributed by atoms with Crippen LogP contribution in [0.3, 0.4) is 0 Å². The third kappa shape index (κ3) is 5.07. The first-order valence-corrected chi connectivity index (χ1v) is 5.90. The Morgan fingerprint density at radius 1 is 1.19 bits per heavy atom. The molecular weight excluding hydrogens is 312 g/mol. The fourth-order valence-corrected chi connectivity index (χ4v) is 1.65. The van der Waals surface area contributed by atoms with Gasteiger partial charge in [0.15, 0.2) is 11.6 Å². The third-order valence-electron chi connectivity index (χ3n) is 2.82. The Balaban J connectivity index is 0.00000220. The van der Waals surface area contributed by atoms with Gasteiger partial charge in [-0.1, -0.05) is 12.1 Å². The molecule has 21 heavy (non-hydrogen) atoms. The molecule has 106 valence electrons. The topological polar surface area (TPSA) is 22.1 Å². The number of hydrogen-bond donors (Lipinski definition) is 0. The van der Waals surface area contributed by atoms with Crippen molar-refractivity contribution >= 4 is 12.4 Å². The number of rotatable bonds is 4. The maximum atomic E-state index is 13.5. The zero-order valence-corrected chi connectivity index (χ0v) is 14.7. The van der Waals surface area contributed by atoms with Crippen molar-refractivity contribution in [3.05, 3.63) is 53.6 Å². The maximum absolute atomic E-state index is 13.5. The van der Waals surface area contributed by atoms with Crippen molar-refractivity contribution in [3.63, 3.8) is 0 Å². The van der Waals surface area contributed by atoms with E-state index in [1.54, 1.807) is 19.1 Å². The predicted octanol–water partition coefficient (Wildman–Crippen LogP) is 0.167. The largest absolute Gasteiger partial charge is 1.00 e. The molecule has 0 spiro atoms. The Labute approximate surface area is 162 Å². The molecule has 2 aromatic rings. The Morgan fingerprint density at radius 3 is 2.52 bits per heavy atom. The maximum Gasteiger partial charge on any atom is 1.00 e. The molecule has 8 heteroatoms. The molecule has 0 aliphatic rings. The normalized spacial score (nSPS) is 10.9. The van der Waals surface area contributed by atoms with E-state index in [0.717, 1.165) is 11.6 Å². The van der Waals surface area contributed by atoms with Crippen molar-refractivity contribution in [2.24, 2.45) is 0 Å². The van der Waals surface area contributed by atoms with Gasteiger partial charge in [0.25, 0.3) is 0 Å². The van der Waals surface area contributed by atoms with Crippen molar-refractivity contribution in [2.75, 3.05) is 0 Å². The fraction of sp³-hybridized carbons (Fsp3) is 0.154. The van der Waals surface area contributed by atoms with Crippen LogP contribution in [0.4, 0.5) is 17.3 Å². The van der Waals surface area contributed by atoms with Crippen LogP contribution >= 0.6 is 0 Å². The van der Waals surface area contributed by atoms with Gasteiger partial charge in [-0.3, -0.25) is 4.98 Å². The molecule has 0 N–H and O–H groups in total. The number of ether oxygens (including phenoxy) is 1. The summed E-state index contributed by atoms with van der Waals surface area (Å²) >= 11 is 0. The molecular formula is C13H11BF4KNO. The smallest absolute Gasteiger partial charge is 0.484 e. The van der Waals surface area contributed by atoms with Crippen LogP contribution in [0.5, 0.6) is 5.75 Å². The molecule has 1 aromatic carbocycles. The molecule has 1 heterocycles. The Hall–Kier alpha value is -0.409. The molecule has 0 bridgehead atoms. The zero-order chi connectivity index (χ0) is 14.8. The number of nitrogens with zero attached hydrogens (tertiary/aromatic N) is 1. The van der Waals surface area contributed by atoms with E-state index in [-0.39, 0.29) is 58.0 Å². The predicted molar refractivity (Wildman–Crippen MR) is 68.4 cm³/mol. The van der Waals surface area contributed by atoms with Gasteiger partial charge in [-0.15, -0.1) is 5.46 Å². The zero-order valence-electron chi connectivity index (χ0n) is 11.6. The van der Waals surface area contributed by atoms with Crippen molar-refractivity contribution in [2.45, 2.75) is 13.5 Å². The van der Waals surface area contributed by atoms with Gasteiger partial charge < -0.3 is 17.7 Å². The number of pyridine rings is 1. The molecule has 2 rings (SSSR count). The van der Waals surface area contributed by atoms with Gasteiger partial charge >= 0.3 is 58.4 Å². The van der Waals surface area contributed by atoms with Crippen molar-refractivity contribution < 1.29 is 73.5 Å². The van der Waals surface area contributed by atoms with Gasteiger partial charge in [0.1, 0.15) is 6.61 Å². The van der Waals surface area contributed by atoms with Gasteiger partial charge in [0.2, 0.25) is 0 Å². The summed E-state index contributed by atoms with van der Waals surface area (Å²) in [4.78, 5) is 4.03. The van der Waals surface area contributed by atoms with Crippen LogP contribution < -0.4 is 61.6 Å². The number of aromatic nitrogens is 1. The van der Waals surface area contributed by atoms with Crippen LogP contribution in [-0.4, -0.2) is 12.0 Å². The second-order valence-corrected chi connectivity index (χ2v) is 4.32. The van der Waals surface area contributed by atoms with E-state index in [9.17, 15) is 17.3 Å². The Kier molecular flexibility index (Phi) is 6.86. The summed E-state index contributed by atoms with van der Waals surface area (Å²) in [5.74, 6) is -1.26. The van der Waals surface area contributed by atoms with Crippen LogP contribution in [0, 0.1) is 12.7 Å².